The fourth-order valence-electron chi connectivity index (χ4n) is 3.23. The Morgan fingerprint density at radius 2 is 1.43 bits per heavy atom. The molecular weight excluding hydrogens is 287 g/mol. The van der Waals surface area contributed by atoms with Crippen molar-refractivity contribution in [1.82, 2.24) is 0 Å². The molecule has 0 unspecified atom stereocenters. The zero-order chi connectivity index (χ0) is 15.8. The summed E-state index contributed by atoms with van der Waals surface area (Å²) in [6, 6.07) is 22.1. The average molecular weight is 302 g/mol. The monoisotopic (exact) mass is 302 g/mol. The molecule has 0 aromatic heterocycles. The molecule has 0 saturated carbocycles. The zero-order valence-electron chi connectivity index (χ0n) is 12.4. The fourth-order valence-corrected chi connectivity index (χ4v) is 3.23. The van der Waals surface area contributed by atoms with Crippen LogP contribution in [0.15, 0.2) is 66.7 Å². The van der Waals surface area contributed by atoms with Gasteiger partial charge in [-0.05, 0) is 40.3 Å². The lowest BCUT2D eigenvalue weighted by molar-refractivity contribution is 0.288. The molecule has 1 aliphatic carbocycles. The lowest BCUT2D eigenvalue weighted by Gasteiger charge is -2.12. The van der Waals surface area contributed by atoms with E-state index in [1.807, 2.05) is 24.3 Å². The van der Waals surface area contributed by atoms with Crippen LogP contribution in [0.2, 0.25) is 0 Å². The number of fused-ring (bicyclic) bond motifs is 3. The van der Waals surface area contributed by atoms with Gasteiger partial charge in [0, 0.05) is 5.56 Å². The van der Waals surface area contributed by atoms with Crippen molar-refractivity contribution in [3.63, 3.8) is 0 Å². The van der Waals surface area contributed by atoms with E-state index in [2.05, 4.69) is 36.4 Å². The molecule has 0 saturated heterocycles. The maximum atomic E-state index is 9.08. The Morgan fingerprint density at radius 3 is 2.26 bits per heavy atom. The van der Waals surface area contributed by atoms with Crippen molar-refractivity contribution in [2.45, 2.75) is 6.42 Å². The van der Waals surface area contributed by atoms with E-state index < -0.39 is 7.32 Å². The molecule has 0 fully saturated rings. The van der Waals surface area contributed by atoms with Crippen molar-refractivity contribution < 1.29 is 14.7 Å². The van der Waals surface area contributed by atoms with Crippen LogP contribution in [0.3, 0.4) is 0 Å². The first-order valence-electron chi connectivity index (χ1n) is 7.56. The molecular formula is C19H15BO3. The summed E-state index contributed by atoms with van der Waals surface area (Å²) in [6.45, 7) is 0. The highest BCUT2D eigenvalue weighted by Gasteiger charge is 2.20. The van der Waals surface area contributed by atoms with Crippen LogP contribution < -0.4 is 4.65 Å². The molecule has 4 heteroatoms. The maximum absolute atomic E-state index is 9.08. The van der Waals surface area contributed by atoms with E-state index in [1.165, 1.54) is 22.3 Å². The van der Waals surface area contributed by atoms with Crippen LogP contribution in [0.4, 0.5) is 0 Å². The van der Waals surface area contributed by atoms with Crippen molar-refractivity contribution >= 4 is 7.32 Å². The summed E-state index contributed by atoms with van der Waals surface area (Å²) in [5.74, 6) is 0.456. The van der Waals surface area contributed by atoms with Gasteiger partial charge >= 0.3 is 7.32 Å². The van der Waals surface area contributed by atoms with E-state index in [4.69, 9.17) is 14.7 Å². The zero-order valence-corrected chi connectivity index (χ0v) is 12.4. The highest BCUT2D eigenvalue weighted by molar-refractivity contribution is 6.34. The molecule has 3 aromatic rings. The molecule has 2 N–H and O–H groups in total. The first kappa shape index (κ1) is 14.1. The molecule has 0 radical (unpaired) electrons. The molecule has 112 valence electrons. The minimum Gasteiger partial charge on any atom is -0.512 e. The van der Waals surface area contributed by atoms with Crippen LogP contribution in [-0.2, 0) is 6.42 Å². The summed E-state index contributed by atoms with van der Waals surface area (Å²) in [6.07, 6.45) is 0.922. The Morgan fingerprint density at radius 1 is 0.739 bits per heavy atom. The quantitative estimate of drug-likeness (QED) is 0.571. The standard InChI is InChI=1S/C19H15BO3/c21-20(22)23-19-8-4-3-7-18(19)14-9-10-17-15(12-14)11-13-5-1-2-6-16(13)17/h1-10,12,21-22H,11H2. The minimum absolute atomic E-state index is 0.456. The first-order chi connectivity index (χ1) is 11.2. The largest absolute Gasteiger partial charge is 0.707 e. The number of hydrogen-bond donors (Lipinski definition) is 2. The van der Waals surface area contributed by atoms with Gasteiger partial charge in [0.15, 0.2) is 0 Å². The lowest BCUT2D eigenvalue weighted by Crippen LogP contribution is -2.20. The molecule has 0 aliphatic heterocycles. The van der Waals surface area contributed by atoms with Crippen molar-refractivity contribution in [2.24, 2.45) is 0 Å². The smallest absolute Gasteiger partial charge is 0.512 e. The van der Waals surface area contributed by atoms with Gasteiger partial charge in [-0.25, -0.2) is 0 Å². The normalized spacial score (nSPS) is 11.7. The second-order valence-electron chi connectivity index (χ2n) is 5.65. The molecule has 0 bridgehead atoms. The summed E-state index contributed by atoms with van der Waals surface area (Å²) in [4.78, 5) is 0. The Hall–Kier alpha value is -2.56. The van der Waals surface area contributed by atoms with Crippen LogP contribution >= 0.6 is 0 Å². The molecule has 3 nitrogen and oxygen atoms in total. The summed E-state index contributed by atoms with van der Waals surface area (Å²) >= 11 is 0. The van der Waals surface area contributed by atoms with Crippen molar-refractivity contribution in [3.8, 4) is 28.0 Å². The predicted molar refractivity (Wildman–Crippen MR) is 90.9 cm³/mol. The summed E-state index contributed by atoms with van der Waals surface area (Å²) in [5, 5.41) is 18.2. The van der Waals surface area contributed by atoms with E-state index in [-0.39, 0.29) is 0 Å². The molecule has 0 atom stereocenters. The van der Waals surface area contributed by atoms with Crippen LogP contribution in [-0.4, -0.2) is 17.4 Å². The number of para-hydroxylation sites is 1. The van der Waals surface area contributed by atoms with E-state index in [1.54, 1.807) is 6.07 Å². The van der Waals surface area contributed by atoms with E-state index >= 15 is 0 Å². The Labute approximate surface area is 135 Å². The SMILES string of the molecule is OB(O)Oc1ccccc1-c1ccc2c(c1)Cc1ccccc1-2. The van der Waals surface area contributed by atoms with Crippen LogP contribution in [0.5, 0.6) is 5.75 Å². The molecule has 0 heterocycles. The summed E-state index contributed by atoms with van der Waals surface area (Å²) in [7, 11) is -1.82. The third kappa shape index (κ3) is 2.52. The lowest BCUT2D eigenvalue weighted by atomic mass is 9.98. The Kier molecular flexibility index (Phi) is 3.41. The van der Waals surface area contributed by atoms with Crippen LogP contribution in [0, 0.1) is 0 Å². The molecule has 3 aromatic carbocycles. The third-order valence-corrected chi connectivity index (χ3v) is 4.22. The van der Waals surface area contributed by atoms with Gasteiger partial charge in [0.05, 0.1) is 0 Å². The van der Waals surface area contributed by atoms with Gasteiger partial charge in [-0.1, -0.05) is 60.7 Å². The molecule has 1 aliphatic rings. The van der Waals surface area contributed by atoms with Crippen molar-refractivity contribution in [3.05, 3.63) is 77.9 Å². The number of hydrogen-bond acceptors (Lipinski definition) is 3. The summed E-state index contributed by atoms with van der Waals surface area (Å²) < 4.78 is 5.09. The summed E-state index contributed by atoms with van der Waals surface area (Å²) in [5.41, 5.74) is 7.04. The average Bonchev–Trinajstić information content (AvgIpc) is 2.92. The third-order valence-electron chi connectivity index (χ3n) is 4.22. The van der Waals surface area contributed by atoms with E-state index in [0.717, 1.165) is 17.5 Å². The second kappa shape index (κ2) is 5.58. The topological polar surface area (TPSA) is 49.7 Å². The maximum Gasteiger partial charge on any atom is 0.707 e. The van der Waals surface area contributed by atoms with Gasteiger partial charge < -0.3 is 14.7 Å². The fraction of sp³-hybridized carbons (Fsp3) is 0.0526. The highest BCUT2D eigenvalue weighted by atomic mass is 16.6. The molecule has 4 rings (SSSR count). The minimum atomic E-state index is -1.82. The number of benzene rings is 3. The van der Waals surface area contributed by atoms with E-state index in [9.17, 15) is 0 Å². The number of rotatable bonds is 3. The van der Waals surface area contributed by atoms with Crippen molar-refractivity contribution in [2.75, 3.05) is 0 Å². The van der Waals surface area contributed by atoms with Crippen LogP contribution in [0.1, 0.15) is 11.1 Å². The Balaban J connectivity index is 1.77. The van der Waals surface area contributed by atoms with Gasteiger partial charge in [-0.3, -0.25) is 0 Å². The first-order valence-corrected chi connectivity index (χ1v) is 7.56. The Bertz CT molecular complexity index is 874. The van der Waals surface area contributed by atoms with E-state index in [0.29, 0.717) is 5.75 Å². The highest BCUT2D eigenvalue weighted by Crippen LogP contribution is 2.39. The molecule has 23 heavy (non-hydrogen) atoms. The van der Waals surface area contributed by atoms with Crippen LogP contribution in [0.25, 0.3) is 22.3 Å². The van der Waals surface area contributed by atoms with Gasteiger partial charge in [0.1, 0.15) is 5.75 Å². The van der Waals surface area contributed by atoms with Gasteiger partial charge in [-0.15, -0.1) is 0 Å². The second-order valence-corrected chi connectivity index (χ2v) is 5.65. The predicted octanol–water partition coefficient (Wildman–Crippen LogP) is 3.27. The van der Waals surface area contributed by atoms with Gasteiger partial charge in [-0.2, -0.15) is 0 Å². The molecule has 0 amide bonds. The van der Waals surface area contributed by atoms with Gasteiger partial charge in [0.2, 0.25) is 0 Å². The van der Waals surface area contributed by atoms with Gasteiger partial charge in [0.25, 0.3) is 0 Å². The molecule has 0 spiro atoms. The van der Waals surface area contributed by atoms with Crippen molar-refractivity contribution in [1.29, 1.82) is 0 Å².